The summed E-state index contributed by atoms with van der Waals surface area (Å²) in [5.74, 6) is 0.662. The Balaban J connectivity index is 1.99. The predicted molar refractivity (Wildman–Crippen MR) is 76.1 cm³/mol. The van der Waals surface area contributed by atoms with E-state index in [1.54, 1.807) is 18.6 Å². The largest absolute Gasteiger partial charge is 0.380 e. The van der Waals surface area contributed by atoms with Crippen molar-refractivity contribution in [3.05, 3.63) is 54.4 Å². The van der Waals surface area contributed by atoms with Gasteiger partial charge >= 0.3 is 0 Å². The molecule has 0 spiro atoms. The molecule has 0 aliphatic rings. The first-order valence-electron chi connectivity index (χ1n) is 6.69. The van der Waals surface area contributed by atoms with Crippen LogP contribution in [0.1, 0.15) is 30.8 Å². The number of aliphatic hydroxyl groups excluding tert-OH is 1. The first-order chi connectivity index (χ1) is 9.79. The van der Waals surface area contributed by atoms with Crippen molar-refractivity contribution in [3.8, 4) is 0 Å². The number of nitrogens with zero attached hydrogens (tertiary/aromatic N) is 4. The Hall–Kier alpha value is -2.27. The van der Waals surface area contributed by atoms with Crippen LogP contribution in [0.15, 0.2) is 43.0 Å². The van der Waals surface area contributed by atoms with Crippen LogP contribution >= 0.6 is 0 Å². The summed E-state index contributed by atoms with van der Waals surface area (Å²) in [5, 5.41) is 10.5. The second-order valence-electron chi connectivity index (χ2n) is 4.69. The summed E-state index contributed by atoms with van der Waals surface area (Å²) in [6.45, 7) is 2.95. The fraction of sp³-hybridized carbons (Fsp3) is 0.267. The second-order valence-corrected chi connectivity index (χ2v) is 4.69. The molecule has 1 aromatic carbocycles. The molecule has 20 heavy (non-hydrogen) atoms. The molecule has 2 heterocycles. The average Bonchev–Trinajstić information content (AvgIpc) is 2.94. The van der Waals surface area contributed by atoms with E-state index in [2.05, 4.69) is 21.9 Å². The highest BCUT2D eigenvalue weighted by atomic mass is 16.3. The third-order valence-electron chi connectivity index (χ3n) is 3.27. The summed E-state index contributed by atoms with van der Waals surface area (Å²) in [6, 6.07) is 5.60. The number of aromatic nitrogens is 4. The number of benzene rings is 1. The van der Waals surface area contributed by atoms with Gasteiger partial charge in [-0.05, 0) is 24.1 Å². The number of aryl methyl sites for hydroxylation is 1. The van der Waals surface area contributed by atoms with Crippen LogP contribution in [0.4, 0.5) is 0 Å². The predicted octanol–water partition coefficient (Wildman–Crippen LogP) is 2.32. The van der Waals surface area contributed by atoms with Gasteiger partial charge in [0.1, 0.15) is 11.9 Å². The van der Waals surface area contributed by atoms with E-state index in [9.17, 15) is 5.11 Å². The third-order valence-corrected chi connectivity index (χ3v) is 3.27. The lowest BCUT2D eigenvalue weighted by atomic mass is 10.1. The van der Waals surface area contributed by atoms with Gasteiger partial charge < -0.3 is 9.67 Å². The Labute approximate surface area is 117 Å². The molecule has 1 unspecified atom stereocenters. The van der Waals surface area contributed by atoms with Crippen LogP contribution < -0.4 is 0 Å². The van der Waals surface area contributed by atoms with Crippen LogP contribution in [0.2, 0.25) is 0 Å². The van der Waals surface area contributed by atoms with Gasteiger partial charge in [-0.25, -0.2) is 4.98 Å². The van der Waals surface area contributed by atoms with Crippen LogP contribution in [0.5, 0.6) is 0 Å². The first kappa shape index (κ1) is 12.7. The number of fused-ring (bicyclic) bond motifs is 1. The molecule has 0 aliphatic heterocycles. The van der Waals surface area contributed by atoms with Crippen molar-refractivity contribution in [2.24, 2.45) is 0 Å². The molecule has 0 bridgehead atoms. The normalized spacial score (nSPS) is 12.7. The molecule has 0 amide bonds. The van der Waals surface area contributed by atoms with Crippen LogP contribution in [-0.2, 0) is 6.54 Å². The molecule has 0 fully saturated rings. The van der Waals surface area contributed by atoms with Crippen LogP contribution in [-0.4, -0.2) is 24.6 Å². The van der Waals surface area contributed by atoms with Crippen molar-refractivity contribution in [3.63, 3.8) is 0 Å². The number of aliphatic hydroxyl groups is 1. The summed E-state index contributed by atoms with van der Waals surface area (Å²) in [6.07, 6.45) is 7.17. The molecule has 3 aromatic rings. The van der Waals surface area contributed by atoms with Gasteiger partial charge in [-0.1, -0.05) is 13.0 Å². The Bertz CT molecular complexity index is 722. The Morgan fingerprint density at radius 2 is 1.90 bits per heavy atom. The lowest BCUT2D eigenvalue weighted by Gasteiger charge is -2.13. The summed E-state index contributed by atoms with van der Waals surface area (Å²) in [7, 11) is 0. The van der Waals surface area contributed by atoms with Gasteiger partial charge in [0.05, 0.1) is 11.0 Å². The van der Waals surface area contributed by atoms with Crippen LogP contribution in [0, 0.1) is 0 Å². The van der Waals surface area contributed by atoms with E-state index in [-0.39, 0.29) is 0 Å². The fourth-order valence-electron chi connectivity index (χ4n) is 2.30. The third kappa shape index (κ3) is 2.28. The smallest absolute Gasteiger partial charge is 0.142 e. The second kappa shape index (κ2) is 5.38. The van der Waals surface area contributed by atoms with Gasteiger partial charge in [0.15, 0.2) is 0 Å². The number of hydrogen-bond donors (Lipinski definition) is 1. The van der Waals surface area contributed by atoms with Gasteiger partial charge in [0.25, 0.3) is 0 Å². The maximum atomic E-state index is 10.5. The first-order valence-corrected chi connectivity index (χ1v) is 6.69. The molecule has 0 aliphatic carbocycles. The summed E-state index contributed by atoms with van der Waals surface area (Å²) in [4.78, 5) is 12.8. The Kier molecular flexibility index (Phi) is 3.43. The fourth-order valence-corrected chi connectivity index (χ4v) is 2.30. The maximum absolute atomic E-state index is 10.5. The molecule has 1 N–H and O–H groups in total. The van der Waals surface area contributed by atoms with Gasteiger partial charge in [-0.2, -0.15) is 0 Å². The molecule has 5 nitrogen and oxygen atoms in total. The minimum absolute atomic E-state index is 0.662. The monoisotopic (exact) mass is 268 g/mol. The van der Waals surface area contributed by atoms with Crippen molar-refractivity contribution in [2.45, 2.75) is 26.0 Å². The number of imidazole rings is 1. The summed E-state index contributed by atoms with van der Waals surface area (Å²) in [5.41, 5.74) is 2.37. The summed E-state index contributed by atoms with van der Waals surface area (Å²) < 4.78 is 1.98. The zero-order chi connectivity index (χ0) is 13.9. The molecule has 3 rings (SSSR count). The van der Waals surface area contributed by atoms with Crippen molar-refractivity contribution < 1.29 is 5.11 Å². The van der Waals surface area contributed by atoms with E-state index in [4.69, 9.17) is 0 Å². The molecule has 0 radical (unpaired) electrons. The van der Waals surface area contributed by atoms with E-state index in [0.29, 0.717) is 5.82 Å². The van der Waals surface area contributed by atoms with Crippen molar-refractivity contribution in [1.29, 1.82) is 0 Å². The van der Waals surface area contributed by atoms with Gasteiger partial charge in [-0.15, -0.1) is 0 Å². The van der Waals surface area contributed by atoms with Gasteiger partial charge in [0, 0.05) is 31.3 Å². The molecule has 2 aromatic heterocycles. The topological polar surface area (TPSA) is 63.8 Å². The van der Waals surface area contributed by atoms with Gasteiger partial charge in [-0.3, -0.25) is 9.97 Å². The van der Waals surface area contributed by atoms with E-state index in [1.807, 2.05) is 29.0 Å². The minimum atomic E-state index is -0.747. The lowest BCUT2D eigenvalue weighted by Crippen LogP contribution is -2.09. The SMILES string of the molecule is CCCn1ccnc1C(O)c1ccc2nccnc2c1. The highest BCUT2D eigenvalue weighted by Gasteiger charge is 2.16. The highest BCUT2D eigenvalue weighted by molar-refractivity contribution is 5.74. The number of hydrogen-bond acceptors (Lipinski definition) is 4. The van der Waals surface area contributed by atoms with Crippen LogP contribution in [0.25, 0.3) is 11.0 Å². The number of rotatable bonds is 4. The van der Waals surface area contributed by atoms with Crippen LogP contribution in [0.3, 0.4) is 0 Å². The Morgan fingerprint density at radius 1 is 1.10 bits per heavy atom. The van der Waals surface area contributed by atoms with Gasteiger partial charge in [0.2, 0.25) is 0 Å². The van der Waals surface area contributed by atoms with E-state index in [0.717, 1.165) is 29.6 Å². The quantitative estimate of drug-likeness (QED) is 0.788. The minimum Gasteiger partial charge on any atom is -0.380 e. The van der Waals surface area contributed by atoms with Crippen molar-refractivity contribution in [1.82, 2.24) is 19.5 Å². The molecule has 1 atom stereocenters. The molecule has 0 saturated heterocycles. The highest BCUT2D eigenvalue weighted by Crippen LogP contribution is 2.23. The van der Waals surface area contributed by atoms with E-state index in [1.165, 1.54) is 0 Å². The zero-order valence-corrected chi connectivity index (χ0v) is 11.3. The van der Waals surface area contributed by atoms with E-state index < -0.39 is 6.10 Å². The lowest BCUT2D eigenvalue weighted by molar-refractivity contribution is 0.204. The summed E-state index contributed by atoms with van der Waals surface area (Å²) >= 11 is 0. The molecule has 5 heteroatoms. The maximum Gasteiger partial charge on any atom is 0.142 e. The molecular weight excluding hydrogens is 252 g/mol. The average molecular weight is 268 g/mol. The van der Waals surface area contributed by atoms with E-state index >= 15 is 0 Å². The van der Waals surface area contributed by atoms with Crippen molar-refractivity contribution >= 4 is 11.0 Å². The molecule has 102 valence electrons. The molecular formula is C15H16N4O. The molecule has 0 saturated carbocycles. The standard InChI is InChI=1S/C15H16N4O/c1-2-8-19-9-7-18-15(19)14(20)11-3-4-12-13(10-11)17-6-5-16-12/h3-7,9-10,14,20H,2,8H2,1H3. The van der Waals surface area contributed by atoms with Crippen molar-refractivity contribution in [2.75, 3.05) is 0 Å². The Morgan fingerprint density at radius 3 is 2.70 bits per heavy atom. The zero-order valence-electron chi connectivity index (χ0n) is 11.3.